The van der Waals surface area contributed by atoms with Gasteiger partial charge >= 0.3 is 0 Å². The highest BCUT2D eigenvalue weighted by Crippen LogP contribution is 2.24. The number of aliphatic hydroxyl groups is 1. The normalized spacial score (nSPS) is 11.1. The molecule has 90 valence electrons. The van der Waals surface area contributed by atoms with Crippen LogP contribution in [0.4, 0.5) is 0 Å². The van der Waals surface area contributed by atoms with Crippen LogP contribution in [0, 0.1) is 5.92 Å². The SMILES string of the molecule is CC(C)COc1nc(CO)cc2ccccc12. The van der Waals surface area contributed by atoms with Crippen molar-refractivity contribution >= 4 is 10.8 Å². The van der Waals surface area contributed by atoms with Crippen molar-refractivity contribution in [3.8, 4) is 5.88 Å². The molecule has 0 aliphatic carbocycles. The smallest absolute Gasteiger partial charge is 0.221 e. The van der Waals surface area contributed by atoms with Crippen LogP contribution >= 0.6 is 0 Å². The van der Waals surface area contributed by atoms with E-state index in [1.807, 2.05) is 30.3 Å². The Labute approximate surface area is 101 Å². The number of aromatic nitrogens is 1. The van der Waals surface area contributed by atoms with E-state index in [1.165, 1.54) is 0 Å². The fourth-order valence-corrected chi connectivity index (χ4v) is 1.66. The van der Waals surface area contributed by atoms with Crippen molar-refractivity contribution in [2.75, 3.05) is 6.61 Å². The summed E-state index contributed by atoms with van der Waals surface area (Å²) in [5, 5.41) is 11.2. The highest BCUT2D eigenvalue weighted by molar-refractivity contribution is 5.87. The maximum Gasteiger partial charge on any atom is 0.221 e. The Morgan fingerprint density at radius 2 is 2.06 bits per heavy atom. The molecule has 1 aromatic heterocycles. The molecule has 17 heavy (non-hydrogen) atoms. The summed E-state index contributed by atoms with van der Waals surface area (Å²) < 4.78 is 5.70. The lowest BCUT2D eigenvalue weighted by Crippen LogP contribution is -2.07. The third-order valence-corrected chi connectivity index (χ3v) is 2.47. The average molecular weight is 231 g/mol. The minimum atomic E-state index is -0.0666. The van der Waals surface area contributed by atoms with E-state index in [0.29, 0.717) is 24.1 Å². The molecule has 1 N–H and O–H groups in total. The van der Waals surface area contributed by atoms with Crippen LogP contribution in [0.5, 0.6) is 5.88 Å². The van der Waals surface area contributed by atoms with Gasteiger partial charge in [-0.15, -0.1) is 0 Å². The summed E-state index contributed by atoms with van der Waals surface area (Å²) in [6.07, 6.45) is 0. The van der Waals surface area contributed by atoms with Gasteiger partial charge in [0.05, 0.1) is 18.9 Å². The molecular formula is C14H17NO2. The largest absolute Gasteiger partial charge is 0.477 e. The van der Waals surface area contributed by atoms with Crippen molar-refractivity contribution in [2.24, 2.45) is 5.92 Å². The summed E-state index contributed by atoms with van der Waals surface area (Å²) in [4.78, 5) is 4.32. The number of hydrogen-bond donors (Lipinski definition) is 1. The van der Waals surface area contributed by atoms with Gasteiger partial charge in [0, 0.05) is 5.39 Å². The van der Waals surface area contributed by atoms with Crippen LogP contribution < -0.4 is 4.74 Å². The van der Waals surface area contributed by atoms with E-state index >= 15 is 0 Å². The summed E-state index contributed by atoms with van der Waals surface area (Å²) in [5.74, 6) is 1.06. The molecule has 0 spiro atoms. The molecule has 0 aliphatic rings. The number of rotatable bonds is 4. The van der Waals surface area contributed by atoms with Gasteiger partial charge in [-0.3, -0.25) is 0 Å². The van der Waals surface area contributed by atoms with Crippen molar-refractivity contribution in [1.82, 2.24) is 4.98 Å². The second-order valence-corrected chi connectivity index (χ2v) is 4.50. The lowest BCUT2D eigenvalue weighted by atomic mass is 10.1. The van der Waals surface area contributed by atoms with Crippen LogP contribution in [0.3, 0.4) is 0 Å². The van der Waals surface area contributed by atoms with Gasteiger partial charge < -0.3 is 9.84 Å². The Hall–Kier alpha value is -1.61. The Balaban J connectivity index is 2.43. The first kappa shape index (κ1) is 11.9. The molecule has 0 radical (unpaired) electrons. The summed E-state index contributed by atoms with van der Waals surface area (Å²) in [7, 11) is 0. The summed E-state index contributed by atoms with van der Waals surface area (Å²) in [6.45, 7) is 4.75. The second kappa shape index (κ2) is 5.15. The molecule has 0 fully saturated rings. The molecule has 2 aromatic rings. The average Bonchev–Trinajstić information content (AvgIpc) is 2.35. The molecule has 0 atom stereocenters. The van der Waals surface area contributed by atoms with E-state index in [9.17, 15) is 5.11 Å². The van der Waals surface area contributed by atoms with E-state index in [4.69, 9.17) is 4.74 Å². The standard InChI is InChI=1S/C14H17NO2/c1-10(2)9-17-14-13-6-4-3-5-11(13)7-12(8-16)15-14/h3-7,10,16H,8-9H2,1-2H3. The molecule has 2 rings (SSSR count). The van der Waals surface area contributed by atoms with Crippen LogP contribution in [0.1, 0.15) is 19.5 Å². The van der Waals surface area contributed by atoms with Crippen molar-refractivity contribution in [2.45, 2.75) is 20.5 Å². The maximum absolute atomic E-state index is 9.18. The molecule has 0 saturated heterocycles. The summed E-state index contributed by atoms with van der Waals surface area (Å²) in [5.41, 5.74) is 0.641. The van der Waals surface area contributed by atoms with Gasteiger partial charge in [0.25, 0.3) is 0 Å². The second-order valence-electron chi connectivity index (χ2n) is 4.50. The Morgan fingerprint density at radius 1 is 1.29 bits per heavy atom. The number of fused-ring (bicyclic) bond motifs is 1. The number of nitrogens with zero attached hydrogens (tertiary/aromatic N) is 1. The molecule has 1 heterocycles. The molecule has 0 bridgehead atoms. The predicted molar refractivity (Wildman–Crippen MR) is 68.0 cm³/mol. The van der Waals surface area contributed by atoms with Crippen molar-refractivity contribution in [3.63, 3.8) is 0 Å². The Bertz CT molecular complexity index is 509. The predicted octanol–water partition coefficient (Wildman–Crippen LogP) is 2.76. The fourth-order valence-electron chi connectivity index (χ4n) is 1.66. The third kappa shape index (κ3) is 2.74. The monoisotopic (exact) mass is 231 g/mol. The topological polar surface area (TPSA) is 42.4 Å². The Morgan fingerprint density at radius 3 is 2.76 bits per heavy atom. The number of pyridine rings is 1. The third-order valence-electron chi connectivity index (χ3n) is 2.47. The highest BCUT2D eigenvalue weighted by atomic mass is 16.5. The van der Waals surface area contributed by atoms with Gasteiger partial charge in [-0.2, -0.15) is 0 Å². The number of benzene rings is 1. The van der Waals surface area contributed by atoms with Crippen molar-refractivity contribution in [3.05, 3.63) is 36.0 Å². The van der Waals surface area contributed by atoms with Crippen LogP contribution in [-0.2, 0) is 6.61 Å². The zero-order chi connectivity index (χ0) is 12.3. The molecule has 3 heteroatoms. The van der Waals surface area contributed by atoms with Gasteiger partial charge in [-0.25, -0.2) is 4.98 Å². The Kier molecular flexibility index (Phi) is 3.59. The zero-order valence-corrected chi connectivity index (χ0v) is 10.2. The first-order valence-corrected chi connectivity index (χ1v) is 5.83. The van der Waals surface area contributed by atoms with Crippen molar-refractivity contribution < 1.29 is 9.84 Å². The summed E-state index contributed by atoms with van der Waals surface area (Å²) >= 11 is 0. The van der Waals surface area contributed by atoms with E-state index < -0.39 is 0 Å². The minimum Gasteiger partial charge on any atom is -0.477 e. The molecular weight excluding hydrogens is 214 g/mol. The minimum absolute atomic E-state index is 0.0666. The van der Waals surface area contributed by atoms with Gasteiger partial charge in [0.2, 0.25) is 5.88 Å². The molecule has 3 nitrogen and oxygen atoms in total. The first-order chi connectivity index (χ1) is 8.20. The zero-order valence-electron chi connectivity index (χ0n) is 10.2. The molecule has 0 aliphatic heterocycles. The first-order valence-electron chi connectivity index (χ1n) is 5.83. The van der Waals surface area contributed by atoms with Crippen LogP contribution in [-0.4, -0.2) is 16.7 Å². The van der Waals surface area contributed by atoms with E-state index in [1.54, 1.807) is 0 Å². The molecule has 0 saturated carbocycles. The van der Waals surface area contributed by atoms with Crippen LogP contribution in [0.25, 0.3) is 10.8 Å². The molecule has 0 unspecified atom stereocenters. The van der Waals surface area contributed by atoms with Gasteiger partial charge in [-0.1, -0.05) is 32.0 Å². The lowest BCUT2D eigenvalue weighted by Gasteiger charge is -2.11. The van der Waals surface area contributed by atoms with Crippen molar-refractivity contribution in [1.29, 1.82) is 0 Å². The van der Waals surface area contributed by atoms with Gasteiger partial charge in [-0.05, 0) is 23.4 Å². The van der Waals surface area contributed by atoms with E-state index in [2.05, 4.69) is 18.8 Å². The van der Waals surface area contributed by atoms with E-state index in [-0.39, 0.29) is 6.61 Å². The molecule has 0 amide bonds. The number of aliphatic hydroxyl groups excluding tert-OH is 1. The van der Waals surface area contributed by atoms with E-state index in [0.717, 1.165) is 10.8 Å². The summed E-state index contributed by atoms with van der Waals surface area (Å²) in [6, 6.07) is 9.80. The number of ether oxygens (including phenoxy) is 1. The lowest BCUT2D eigenvalue weighted by molar-refractivity contribution is 0.254. The molecule has 1 aromatic carbocycles. The fraction of sp³-hybridized carbons (Fsp3) is 0.357. The highest BCUT2D eigenvalue weighted by Gasteiger charge is 2.07. The van der Waals surface area contributed by atoms with Gasteiger partial charge in [0.1, 0.15) is 0 Å². The van der Waals surface area contributed by atoms with Crippen LogP contribution in [0.15, 0.2) is 30.3 Å². The van der Waals surface area contributed by atoms with Gasteiger partial charge in [0.15, 0.2) is 0 Å². The number of hydrogen-bond acceptors (Lipinski definition) is 3. The maximum atomic E-state index is 9.18. The van der Waals surface area contributed by atoms with Crippen LogP contribution in [0.2, 0.25) is 0 Å². The quantitative estimate of drug-likeness (QED) is 0.879.